The van der Waals surface area contributed by atoms with E-state index in [1.807, 2.05) is 48.5 Å². The van der Waals surface area contributed by atoms with Gasteiger partial charge in [-0.2, -0.15) is 0 Å². The van der Waals surface area contributed by atoms with E-state index >= 15 is 0 Å². The number of imidazole rings is 1. The molecule has 134 valence electrons. The Labute approximate surface area is 160 Å². The van der Waals surface area contributed by atoms with Gasteiger partial charge < -0.3 is 10.3 Å². The highest BCUT2D eigenvalue weighted by atomic mass is 15.0. The minimum absolute atomic E-state index is 0.652. The smallest absolute Gasteiger partial charge is 0.148 e. The average Bonchev–Trinajstić information content (AvgIpc) is 3.20. The first-order chi connectivity index (χ1) is 13.8. The van der Waals surface area contributed by atoms with Crippen molar-refractivity contribution in [2.24, 2.45) is 0 Å². The van der Waals surface area contributed by atoms with Gasteiger partial charge in [-0.05, 0) is 30.3 Å². The van der Waals surface area contributed by atoms with Crippen LogP contribution in [0.25, 0.3) is 33.8 Å². The highest BCUT2D eigenvalue weighted by molar-refractivity contribution is 5.80. The maximum atomic E-state index is 4.65. The maximum Gasteiger partial charge on any atom is 0.148 e. The van der Waals surface area contributed by atoms with Gasteiger partial charge in [-0.3, -0.25) is 0 Å². The van der Waals surface area contributed by atoms with Crippen LogP contribution in [0.5, 0.6) is 0 Å². The van der Waals surface area contributed by atoms with Crippen LogP contribution in [-0.4, -0.2) is 29.9 Å². The Bertz CT molecular complexity index is 1200. The van der Waals surface area contributed by atoms with Gasteiger partial charge in [0, 0.05) is 17.4 Å². The van der Waals surface area contributed by atoms with Crippen molar-refractivity contribution in [3.8, 4) is 22.8 Å². The molecule has 28 heavy (non-hydrogen) atoms. The van der Waals surface area contributed by atoms with Gasteiger partial charge in [0.05, 0.1) is 29.1 Å². The Kier molecular flexibility index (Phi) is 3.95. The fraction of sp³-hybridized carbons (Fsp3) is 0. The molecule has 0 aliphatic heterocycles. The summed E-state index contributed by atoms with van der Waals surface area (Å²) < 4.78 is 0. The lowest BCUT2D eigenvalue weighted by molar-refractivity contribution is 1.13. The van der Waals surface area contributed by atoms with Crippen LogP contribution in [0.15, 0.2) is 79.5 Å². The SMILES string of the molecule is c1cc(Nc2cnc(-c3ccncn3)cn2)cc(-c2nc3ccccc3[nH]2)c1. The van der Waals surface area contributed by atoms with Crippen molar-refractivity contribution in [2.45, 2.75) is 0 Å². The lowest BCUT2D eigenvalue weighted by Crippen LogP contribution is -1.96. The lowest BCUT2D eigenvalue weighted by Gasteiger charge is -2.07. The molecular weight excluding hydrogens is 350 g/mol. The van der Waals surface area contributed by atoms with E-state index in [-0.39, 0.29) is 0 Å². The normalized spacial score (nSPS) is 10.9. The number of fused-ring (bicyclic) bond motifs is 1. The summed E-state index contributed by atoms with van der Waals surface area (Å²) >= 11 is 0. The summed E-state index contributed by atoms with van der Waals surface area (Å²) in [5.74, 6) is 1.48. The number of anilines is 2. The molecule has 3 aromatic heterocycles. The number of rotatable bonds is 4. The molecule has 0 unspecified atom stereocenters. The van der Waals surface area contributed by atoms with Crippen LogP contribution < -0.4 is 5.32 Å². The van der Waals surface area contributed by atoms with Gasteiger partial charge in [0.15, 0.2) is 0 Å². The molecule has 0 aliphatic rings. The van der Waals surface area contributed by atoms with Crippen molar-refractivity contribution in [1.29, 1.82) is 0 Å². The van der Waals surface area contributed by atoms with Crippen LogP contribution in [0, 0.1) is 0 Å². The van der Waals surface area contributed by atoms with Gasteiger partial charge in [0.25, 0.3) is 0 Å². The average molecular weight is 365 g/mol. The summed E-state index contributed by atoms with van der Waals surface area (Å²) in [7, 11) is 0. The summed E-state index contributed by atoms with van der Waals surface area (Å²) in [6, 6.07) is 17.8. The standard InChI is InChI=1S/C21H15N7/c1-2-7-18-17(6-1)27-21(28-18)14-4-3-5-15(10-14)26-20-12-23-19(11-24-20)16-8-9-22-13-25-16/h1-13H,(H,24,26)(H,27,28). The Morgan fingerprint density at radius 3 is 2.61 bits per heavy atom. The molecule has 0 saturated heterocycles. The first-order valence-electron chi connectivity index (χ1n) is 8.76. The molecule has 7 nitrogen and oxygen atoms in total. The number of hydrogen-bond acceptors (Lipinski definition) is 6. The third-order valence-electron chi connectivity index (χ3n) is 4.29. The summed E-state index contributed by atoms with van der Waals surface area (Å²) in [4.78, 5) is 24.9. The molecule has 3 heterocycles. The minimum atomic E-state index is 0.652. The second-order valence-corrected chi connectivity index (χ2v) is 6.19. The van der Waals surface area contributed by atoms with E-state index in [0.29, 0.717) is 11.5 Å². The van der Waals surface area contributed by atoms with Gasteiger partial charge in [-0.1, -0.05) is 24.3 Å². The first kappa shape index (κ1) is 16.1. The van der Waals surface area contributed by atoms with E-state index in [0.717, 1.165) is 33.8 Å². The second-order valence-electron chi connectivity index (χ2n) is 6.19. The minimum Gasteiger partial charge on any atom is -0.339 e. The molecule has 0 aliphatic carbocycles. The number of aromatic nitrogens is 6. The molecule has 2 aromatic carbocycles. The fourth-order valence-corrected chi connectivity index (χ4v) is 2.95. The Balaban J connectivity index is 1.39. The van der Waals surface area contributed by atoms with E-state index in [2.05, 4.69) is 35.2 Å². The molecule has 0 saturated carbocycles. The van der Waals surface area contributed by atoms with E-state index in [4.69, 9.17) is 0 Å². The number of nitrogens with one attached hydrogen (secondary N) is 2. The Morgan fingerprint density at radius 1 is 0.821 bits per heavy atom. The third-order valence-corrected chi connectivity index (χ3v) is 4.29. The van der Waals surface area contributed by atoms with Gasteiger partial charge in [-0.25, -0.2) is 24.9 Å². The third kappa shape index (κ3) is 3.16. The number of nitrogens with zero attached hydrogens (tertiary/aromatic N) is 5. The summed E-state index contributed by atoms with van der Waals surface area (Å²) in [5, 5.41) is 3.28. The molecule has 7 heteroatoms. The number of aromatic amines is 1. The fourth-order valence-electron chi connectivity index (χ4n) is 2.95. The monoisotopic (exact) mass is 365 g/mol. The summed E-state index contributed by atoms with van der Waals surface area (Å²) in [6.07, 6.45) is 6.55. The van der Waals surface area contributed by atoms with Crippen LogP contribution in [0.2, 0.25) is 0 Å². The molecule has 0 fully saturated rings. The van der Waals surface area contributed by atoms with Gasteiger partial charge >= 0.3 is 0 Å². The van der Waals surface area contributed by atoms with Crippen LogP contribution in [0.4, 0.5) is 11.5 Å². The molecule has 0 bridgehead atoms. The molecule has 0 amide bonds. The van der Waals surface area contributed by atoms with E-state index in [9.17, 15) is 0 Å². The maximum absolute atomic E-state index is 4.65. The predicted molar refractivity (Wildman–Crippen MR) is 108 cm³/mol. The van der Waals surface area contributed by atoms with Gasteiger partial charge in [-0.15, -0.1) is 0 Å². The van der Waals surface area contributed by atoms with Crippen molar-refractivity contribution >= 4 is 22.5 Å². The van der Waals surface area contributed by atoms with E-state index in [1.54, 1.807) is 24.7 Å². The second kappa shape index (κ2) is 6.88. The zero-order valence-corrected chi connectivity index (χ0v) is 14.7. The molecule has 0 spiro atoms. The highest BCUT2D eigenvalue weighted by Gasteiger charge is 2.07. The number of para-hydroxylation sites is 2. The van der Waals surface area contributed by atoms with Crippen molar-refractivity contribution < 1.29 is 0 Å². The quantitative estimate of drug-likeness (QED) is 0.495. The summed E-state index contributed by atoms with van der Waals surface area (Å²) in [6.45, 7) is 0. The number of hydrogen-bond donors (Lipinski definition) is 2. The van der Waals surface area contributed by atoms with E-state index in [1.165, 1.54) is 6.33 Å². The zero-order valence-electron chi connectivity index (χ0n) is 14.7. The van der Waals surface area contributed by atoms with Crippen molar-refractivity contribution in [3.63, 3.8) is 0 Å². The topological polar surface area (TPSA) is 92.3 Å². The number of benzene rings is 2. The Morgan fingerprint density at radius 2 is 1.79 bits per heavy atom. The summed E-state index contributed by atoms with van der Waals surface area (Å²) in [5.41, 5.74) is 5.29. The molecule has 5 aromatic rings. The molecule has 0 radical (unpaired) electrons. The van der Waals surface area contributed by atoms with Gasteiger partial charge in [0.2, 0.25) is 0 Å². The van der Waals surface area contributed by atoms with Crippen molar-refractivity contribution in [2.75, 3.05) is 5.32 Å². The van der Waals surface area contributed by atoms with Crippen LogP contribution in [0.1, 0.15) is 0 Å². The largest absolute Gasteiger partial charge is 0.339 e. The molecule has 0 atom stereocenters. The zero-order chi connectivity index (χ0) is 18.8. The predicted octanol–water partition coefficient (Wildman–Crippen LogP) is 4.22. The number of H-pyrrole nitrogens is 1. The Hall–Kier alpha value is -4.13. The van der Waals surface area contributed by atoms with Crippen LogP contribution in [-0.2, 0) is 0 Å². The molecule has 5 rings (SSSR count). The van der Waals surface area contributed by atoms with Gasteiger partial charge in [0.1, 0.15) is 23.7 Å². The van der Waals surface area contributed by atoms with Crippen LogP contribution in [0.3, 0.4) is 0 Å². The van der Waals surface area contributed by atoms with E-state index < -0.39 is 0 Å². The van der Waals surface area contributed by atoms with Crippen molar-refractivity contribution in [1.82, 2.24) is 29.9 Å². The first-order valence-corrected chi connectivity index (χ1v) is 8.76. The molecule has 2 N–H and O–H groups in total. The highest BCUT2D eigenvalue weighted by Crippen LogP contribution is 2.24. The lowest BCUT2D eigenvalue weighted by atomic mass is 10.2. The van der Waals surface area contributed by atoms with Crippen LogP contribution >= 0.6 is 0 Å². The van der Waals surface area contributed by atoms with Crippen molar-refractivity contribution in [3.05, 3.63) is 79.5 Å². The molecular formula is C21H15N7.